The fourth-order valence-electron chi connectivity index (χ4n) is 1.59. The Kier molecular flexibility index (Phi) is 3.54. The van der Waals surface area contributed by atoms with Crippen LogP contribution in [0.2, 0.25) is 0 Å². The summed E-state index contributed by atoms with van der Waals surface area (Å²) >= 11 is 0. The van der Waals surface area contributed by atoms with Crippen LogP contribution >= 0.6 is 0 Å². The third-order valence-electron chi connectivity index (χ3n) is 2.46. The molecule has 4 heteroatoms. The number of imidazole rings is 1. The van der Waals surface area contributed by atoms with Gasteiger partial charge in [0.15, 0.2) is 0 Å². The van der Waals surface area contributed by atoms with Crippen molar-refractivity contribution in [2.45, 2.75) is 6.54 Å². The van der Waals surface area contributed by atoms with Crippen molar-refractivity contribution >= 4 is 5.65 Å². The Morgan fingerprint density at radius 3 is 3.00 bits per heavy atom. The SMILES string of the molecule is CN(C)CCNCc1cn2ccccc2n1. The molecule has 86 valence electrons. The first kappa shape index (κ1) is 11.1. The molecule has 0 amide bonds. The molecule has 0 atom stereocenters. The molecule has 16 heavy (non-hydrogen) atoms. The molecule has 0 aromatic carbocycles. The molecule has 0 aliphatic carbocycles. The van der Waals surface area contributed by atoms with Crippen molar-refractivity contribution < 1.29 is 0 Å². The lowest BCUT2D eigenvalue weighted by atomic mass is 10.4. The van der Waals surface area contributed by atoms with Gasteiger partial charge in [-0.05, 0) is 26.2 Å². The fourth-order valence-corrected chi connectivity index (χ4v) is 1.59. The quantitative estimate of drug-likeness (QED) is 0.760. The van der Waals surface area contributed by atoms with Crippen molar-refractivity contribution in [3.63, 3.8) is 0 Å². The van der Waals surface area contributed by atoms with Gasteiger partial charge in [-0.1, -0.05) is 6.07 Å². The van der Waals surface area contributed by atoms with Crippen LogP contribution in [0.1, 0.15) is 5.69 Å². The molecule has 0 fully saturated rings. The number of hydrogen-bond donors (Lipinski definition) is 1. The number of nitrogens with zero attached hydrogens (tertiary/aromatic N) is 3. The largest absolute Gasteiger partial charge is 0.310 e. The molecule has 0 aliphatic rings. The molecule has 0 bridgehead atoms. The Morgan fingerprint density at radius 2 is 2.25 bits per heavy atom. The number of hydrogen-bond acceptors (Lipinski definition) is 3. The summed E-state index contributed by atoms with van der Waals surface area (Å²) < 4.78 is 2.04. The van der Waals surface area contributed by atoms with Crippen LogP contribution in [-0.4, -0.2) is 41.5 Å². The lowest BCUT2D eigenvalue weighted by Gasteiger charge is -2.09. The number of likely N-dealkylation sites (N-methyl/N-ethyl adjacent to an activating group) is 1. The first-order valence-corrected chi connectivity index (χ1v) is 5.54. The molecule has 2 rings (SSSR count). The Bertz CT molecular complexity index is 414. The Hall–Kier alpha value is -1.39. The molecule has 2 aromatic rings. The Morgan fingerprint density at radius 1 is 1.38 bits per heavy atom. The summed E-state index contributed by atoms with van der Waals surface area (Å²) in [5.41, 5.74) is 2.09. The van der Waals surface area contributed by atoms with Crippen LogP contribution in [0.15, 0.2) is 30.6 Å². The zero-order valence-electron chi connectivity index (χ0n) is 9.85. The second kappa shape index (κ2) is 5.09. The van der Waals surface area contributed by atoms with Crippen molar-refractivity contribution in [3.8, 4) is 0 Å². The topological polar surface area (TPSA) is 32.6 Å². The number of fused-ring (bicyclic) bond motifs is 1. The van der Waals surface area contributed by atoms with Crippen LogP contribution in [0.3, 0.4) is 0 Å². The minimum Gasteiger partial charge on any atom is -0.310 e. The van der Waals surface area contributed by atoms with Gasteiger partial charge in [0.25, 0.3) is 0 Å². The lowest BCUT2D eigenvalue weighted by Crippen LogP contribution is -2.26. The molecule has 4 nitrogen and oxygen atoms in total. The van der Waals surface area contributed by atoms with Crippen molar-refractivity contribution in [2.24, 2.45) is 0 Å². The van der Waals surface area contributed by atoms with Gasteiger partial charge in [0.1, 0.15) is 5.65 Å². The minimum absolute atomic E-state index is 0.829. The van der Waals surface area contributed by atoms with E-state index in [2.05, 4.69) is 35.5 Å². The highest BCUT2D eigenvalue weighted by Gasteiger charge is 1.99. The predicted molar refractivity (Wildman–Crippen MR) is 65.5 cm³/mol. The van der Waals surface area contributed by atoms with Gasteiger partial charge >= 0.3 is 0 Å². The van der Waals surface area contributed by atoms with Crippen LogP contribution in [-0.2, 0) is 6.54 Å². The molecule has 2 aromatic heterocycles. The van der Waals surface area contributed by atoms with Crippen LogP contribution < -0.4 is 5.32 Å². The van der Waals surface area contributed by atoms with E-state index in [1.165, 1.54) is 0 Å². The van der Waals surface area contributed by atoms with Gasteiger partial charge in [0.2, 0.25) is 0 Å². The molecule has 2 heterocycles. The van der Waals surface area contributed by atoms with Gasteiger partial charge < -0.3 is 14.6 Å². The van der Waals surface area contributed by atoms with Crippen LogP contribution in [0.5, 0.6) is 0 Å². The highest BCUT2D eigenvalue weighted by molar-refractivity contribution is 5.39. The summed E-state index contributed by atoms with van der Waals surface area (Å²) in [6.45, 7) is 2.86. The number of nitrogens with one attached hydrogen (secondary N) is 1. The predicted octanol–water partition coefficient (Wildman–Crippen LogP) is 0.985. The van der Waals surface area contributed by atoms with E-state index in [4.69, 9.17) is 0 Å². The van der Waals surface area contributed by atoms with Crippen molar-refractivity contribution in [3.05, 3.63) is 36.3 Å². The molecule has 1 N–H and O–H groups in total. The van der Waals surface area contributed by atoms with E-state index in [0.717, 1.165) is 31.0 Å². The molecule has 0 saturated heterocycles. The smallest absolute Gasteiger partial charge is 0.137 e. The van der Waals surface area contributed by atoms with E-state index in [9.17, 15) is 0 Å². The van der Waals surface area contributed by atoms with Crippen molar-refractivity contribution in [2.75, 3.05) is 27.2 Å². The maximum absolute atomic E-state index is 4.52. The normalized spacial score (nSPS) is 11.4. The number of rotatable bonds is 5. The number of pyridine rings is 1. The van der Waals surface area contributed by atoms with Gasteiger partial charge in [-0.3, -0.25) is 0 Å². The zero-order chi connectivity index (χ0) is 11.4. The molecule has 0 unspecified atom stereocenters. The average Bonchev–Trinajstić information content (AvgIpc) is 2.66. The third-order valence-corrected chi connectivity index (χ3v) is 2.46. The standard InChI is InChI=1S/C12H18N4/c1-15(2)8-6-13-9-11-10-16-7-4-3-5-12(16)14-11/h3-5,7,10,13H,6,8-9H2,1-2H3. The Balaban J connectivity index is 1.89. The summed E-state index contributed by atoms with van der Waals surface area (Å²) in [5, 5.41) is 3.38. The van der Waals surface area contributed by atoms with Crippen LogP contribution in [0, 0.1) is 0 Å². The first-order valence-electron chi connectivity index (χ1n) is 5.54. The fraction of sp³-hybridized carbons (Fsp3) is 0.417. The molecule has 0 radical (unpaired) electrons. The summed E-state index contributed by atoms with van der Waals surface area (Å²) in [4.78, 5) is 6.68. The van der Waals surface area contributed by atoms with E-state index >= 15 is 0 Å². The van der Waals surface area contributed by atoms with Gasteiger partial charge in [0.05, 0.1) is 5.69 Å². The lowest BCUT2D eigenvalue weighted by molar-refractivity contribution is 0.399. The van der Waals surface area contributed by atoms with Crippen LogP contribution in [0.4, 0.5) is 0 Å². The van der Waals surface area contributed by atoms with Gasteiger partial charge in [-0.15, -0.1) is 0 Å². The summed E-state index contributed by atoms with van der Waals surface area (Å²) in [7, 11) is 4.15. The monoisotopic (exact) mass is 218 g/mol. The highest BCUT2D eigenvalue weighted by Crippen LogP contribution is 2.03. The van der Waals surface area contributed by atoms with Gasteiger partial charge in [-0.2, -0.15) is 0 Å². The third kappa shape index (κ3) is 2.81. The van der Waals surface area contributed by atoms with Crippen LogP contribution in [0.25, 0.3) is 5.65 Å². The first-order chi connectivity index (χ1) is 7.75. The average molecular weight is 218 g/mol. The summed E-state index contributed by atoms with van der Waals surface area (Å²) in [6, 6.07) is 6.03. The molecule has 0 aliphatic heterocycles. The van der Waals surface area contributed by atoms with E-state index in [-0.39, 0.29) is 0 Å². The van der Waals surface area contributed by atoms with E-state index in [1.807, 2.05) is 28.8 Å². The maximum Gasteiger partial charge on any atom is 0.137 e. The summed E-state index contributed by atoms with van der Waals surface area (Å²) in [5.74, 6) is 0. The van der Waals surface area contributed by atoms with Crippen molar-refractivity contribution in [1.82, 2.24) is 19.6 Å². The van der Waals surface area contributed by atoms with E-state index in [1.54, 1.807) is 0 Å². The maximum atomic E-state index is 4.52. The van der Waals surface area contributed by atoms with Gasteiger partial charge in [-0.25, -0.2) is 4.98 Å². The number of aromatic nitrogens is 2. The molecule has 0 spiro atoms. The second-order valence-corrected chi connectivity index (χ2v) is 4.18. The highest BCUT2D eigenvalue weighted by atomic mass is 15.1. The second-order valence-electron chi connectivity index (χ2n) is 4.18. The zero-order valence-corrected chi connectivity index (χ0v) is 9.85. The summed E-state index contributed by atoms with van der Waals surface area (Å²) in [6.07, 6.45) is 4.09. The molecule has 0 saturated carbocycles. The Labute approximate surface area is 95.9 Å². The van der Waals surface area contributed by atoms with E-state index in [0.29, 0.717) is 0 Å². The van der Waals surface area contributed by atoms with Gasteiger partial charge in [0, 0.05) is 32.0 Å². The molecular weight excluding hydrogens is 200 g/mol. The van der Waals surface area contributed by atoms with E-state index < -0.39 is 0 Å². The molecular formula is C12H18N4. The minimum atomic E-state index is 0.829. The van der Waals surface area contributed by atoms with Crippen molar-refractivity contribution in [1.29, 1.82) is 0 Å².